The van der Waals surface area contributed by atoms with Gasteiger partial charge in [0.1, 0.15) is 6.33 Å². The fourth-order valence-corrected chi connectivity index (χ4v) is 4.66. The number of aliphatic hydroxyl groups excluding tert-OH is 1. The van der Waals surface area contributed by atoms with Crippen LogP contribution in [0.3, 0.4) is 0 Å². The van der Waals surface area contributed by atoms with Crippen molar-refractivity contribution in [1.29, 1.82) is 0 Å². The number of carbonyl (C=O) groups is 1. The standard InChI is InChI=1S/C22H27ClN6O2/c1-22(2,20(30)18-8-17(23)7-15-12-27-28-19(15)18)16-3-5-29(6-4-16)21(31)26-11-14-9-24-13-25-10-14/h7-10,12-13,16,20,30H,3-6,11H2,1-2H3,(H,26,31)(H,27,28)/t20-/m1/s1. The Kier molecular flexibility index (Phi) is 6.11. The van der Waals surface area contributed by atoms with Crippen molar-refractivity contribution in [3.05, 3.63) is 53.2 Å². The molecule has 3 N–H and O–H groups in total. The Morgan fingerprint density at radius 2 is 2.00 bits per heavy atom. The summed E-state index contributed by atoms with van der Waals surface area (Å²) >= 11 is 6.28. The molecule has 164 valence electrons. The molecule has 4 rings (SSSR count). The molecule has 1 fully saturated rings. The normalized spacial score (nSPS) is 16.5. The first kappa shape index (κ1) is 21.5. The summed E-state index contributed by atoms with van der Waals surface area (Å²) in [5, 5.41) is 22.8. The lowest BCUT2D eigenvalue weighted by Gasteiger charge is -2.43. The van der Waals surface area contributed by atoms with Gasteiger partial charge in [-0.05, 0) is 36.3 Å². The van der Waals surface area contributed by atoms with Crippen LogP contribution in [0.25, 0.3) is 10.9 Å². The zero-order valence-electron chi connectivity index (χ0n) is 17.7. The highest BCUT2D eigenvalue weighted by molar-refractivity contribution is 6.31. The number of carbonyl (C=O) groups excluding carboxylic acids is 1. The predicted octanol–water partition coefficient (Wildman–Crippen LogP) is 3.69. The van der Waals surface area contributed by atoms with E-state index in [0.717, 1.165) is 34.9 Å². The van der Waals surface area contributed by atoms with Crippen molar-refractivity contribution in [1.82, 2.24) is 30.4 Å². The first-order valence-electron chi connectivity index (χ1n) is 10.4. The van der Waals surface area contributed by atoms with Gasteiger partial charge in [0, 0.05) is 53.6 Å². The molecule has 1 saturated heterocycles. The van der Waals surface area contributed by atoms with E-state index in [4.69, 9.17) is 11.6 Å². The third-order valence-electron chi connectivity index (χ3n) is 6.44. The lowest BCUT2D eigenvalue weighted by atomic mass is 9.68. The SMILES string of the molecule is CC(C)(C1CCN(C(=O)NCc2cncnc2)CC1)[C@H](O)c1cc(Cl)cc2cn[nH]c12. The Labute approximate surface area is 186 Å². The summed E-state index contributed by atoms with van der Waals surface area (Å²) in [6, 6.07) is 3.56. The van der Waals surface area contributed by atoms with Gasteiger partial charge in [-0.2, -0.15) is 5.10 Å². The molecule has 3 heterocycles. The minimum absolute atomic E-state index is 0.0883. The Hall–Kier alpha value is -2.71. The summed E-state index contributed by atoms with van der Waals surface area (Å²) in [5.41, 5.74) is 2.04. The van der Waals surface area contributed by atoms with E-state index in [1.807, 2.05) is 17.0 Å². The quantitative estimate of drug-likeness (QED) is 0.558. The average Bonchev–Trinajstić information content (AvgIpc) is 3.25. The van der Waals surface area contributed by atoms with E-state index in [1.54, 1.807) is 18.6 Å². The number of H-pyrrole nitrogens is 1. The van der Waals surface area contributed by atoms with Gasteiger partial charge in [-0.25, -0.2) is 14.8 Å². The van der Waals surface area contributed by atoms with Gasteiger partial charge in [0.15, 0.2) is 0 Å². The highest BCUT2D eigenvalue weighted by Gasteiger charge is 2.40. The molecule has 1 aliphatic rings. The minimum atomic E-state index is -0.711. The third kappa shape index (κ3) is 4.50. The van der Waals surface area contributed by atoms with E-state index in [1.165, 1.54) is 6.33 Å². The number of nitrogens with one attached hydrogen (secondary N) is 2. The summed E-state index contributed by atoms with van der Waals surface area (Å²) in [6.07, 6.45) is 7.48. The summed E-state index contributed by atoms with van der Waals surface area (Å²) in [7, 11) is 0. The van der Waals surface area contributed by atoms with Crippen molar-refractivity contribution in [2.75, 3.05) is 13.1 Å². The van der Waals surface area contributed by atoms with Crippen LogP contribution < -0.4 is 5.32 Å². The second kappa shape index (κ2) is 8.80. The molecule has 0 spiro atoms. The van der Waals surface area contributed by atoms with Gasteiger partial charge in [-0.15, -0.1) is 0 Å². The van der Waals surface area contributed by atoms with Crippen LogP contribution in [0, 0.1) is 11.3 Å². The van der Waals surface area contributed by atoms with E-state index in [-0.39, 0.29) is 11.9 Å². The van der Waals surface area contributed by atoms with Crippen molar-refractivity contribution in [3.8, 4) is 0 Å². The van der Waals surface area contributed by atoms with Crippen LogP contribution in [-0.2, 0) is 6.54 Å². The number of hydrogen-bond acceptors (Lipinski definition) is 5. The van der Waals surface area contributed by atoms with E-state index in [0.29, 0.717) is 24.7 Å². The average molecular weight is 443 g/mol. The Morgan fingerprint density at radius 1 is 1.29 bits per heavy atom. The number of nitrogens with zero attached hydrogens (tertiary/aromatic N) is 4. The first-order valence-corrected chi connectivity index (χ1v) is 10.8. The first-order chi connectivity index (χ1) is 14.9. The van der Waals surface area contributed by atoms with Gasteiger partial charge in [0.25, 0.3) is 0 Å². The molecule has 8 nitrogen and oxygen atoms in total. The number of likely N-dealkylation sites (tertiary alicyclic amines) is 1. The number of fused-ring (bicyclic) bond motifs is 1. The van der Waals surface area contributed by atoms with Crippen LogP contribution in [0.15, 0.2) is 37.1 Å². The monoisotopic (exact) mass is 442 g/mol. The van der Waals surface area contributed by atoms with Crippen LogP contribution in [-0.4, -0.2) is 49.3 Å². The molecule has 31 heavy (non-hydrogen) atoms. The second-order valence-electron chi connectivity index (χ2n) is 8.72. The third-order valence-corrected chi connectivity index (χ3v) is 6.65. The number of halogens is 1. The van der Waals surface area contributed by atoms with Crippen LogP contribution in [0.2, 0.25) is 5.02 Å². The number of aromatic nitrogens is 4. The number of hydrogen-bond donors (Lipinski definition) is 3. The number of benzene rings is 1. The predicted molar refractivity (Wildman–Crippen MR) is 118 cm³/mol. The van der Waals surface area contributed by atoms with Gasteiger partial charge in [-0.1, -0.05) is 25.4 Å². The van der Waals surface area contributed by atoms with Crippen molar-refractivity contribution in [3.63, 3.8) is 0 Å². The molecular weight excluding hydrogens is 416 g/mol. The number of urea groups is 1. The number of piperidine rings is 1. The van der Waals surface area contributed by atoms with Crippen LogP contribution in [0.1, 0.15) is 43.9 Å². The van der Waals surface area contributed by atoms with Gasteiger partial charge in [-0.3, -0.25) is 5.10 Å². The maximum Gasteiger partial charge on any atom is 0.317 e. The van der Waals surface area contributed by atoms with Crippen molar-refractivity contribution in [2.24, 2.45) is 11.3 Å². The zero-order valence-corrected chi connectivity index (χ0v) is 18.4. The van der Waals surface area contributed by atoms with Crippen molar-refractivity contribution < 1.29 is 9.90 Å². The molecule has 2 aromatic heterocycles. The van der Waals surface area contributed by atoms with E-state index in [2.05, 4.69) is 39.3 Å². The minimum Gasteiger partial charge on any atom is -0.388 e. The highest BCUT2D eigenvalue weighted by atomic mass is 35.5. The van der Waals surface area contributed by atoms with Crippen LogP contribution >= 0.6 is 11.6 Å². The fourth-order valence-electron chi connectivity index (χ4n) is 4.42. The number of rotatable bonds is 5. The van der Waals surface area contributed by atoms with Crippen LogP contribution in [0.4, 0.5) is 4.79 Å². The summed E-state index contributed by atoms with van der Waals surface area (Å²) in [4.78, 5) is 22.3. The summed E-state index contributed by atoms with van der Waals surface area (Å²) in [6.45, 7) is 5.85. The zero-order chi connectivity index (χ0) is 22.0. The van der Waals surface area contributed by atoms with E-state index < -0.39 is 11.5 Å². The molecular formula is C22H27ClN6O2. The molecule has 1 aliphatic heterocycles. The van der Waals surface area contributed by atoms with E-state index in [9.17, 15) is 9.90 Å². The molecule has 1 atom stereocenters. The Bertz CT molecular complexity index is 1050. The molecule has 0 aliphatic carbocycles. The van der Waals surface area contributed by atoms with Crippen molar-refractivity contribution >= 4 is 28.5 Å². The molecule has 0 radical (unpaired) electrons. The van der Waals surface area contributed by atoms with Crippen molar-refractivity contribution in [2.45, 2.75) is 39.3 Å². The lowest BCUT2D eigenvalue weighted by Crippen LogP contribution is -2.47. The maximum atomic E-state index is 12.5. The largest absolute Gasteiger partial charge is 0.388 e. The molecule has 2 amide bonds. The van der Waals surface area contributed by atoms with Gasteiger partial charge >= 0.3 is 6.03 Å². The fraction of sp³-hybridized carbons (Fsp3) is 0.455. The van der Waals surface area contributed by atoms with Crippen LogP contribution in [0.5, 0.6) is 0 Å². The molecule has 1 aromatic carbocycles. The lowest BCUT2D eigenvalue weighted by molar-refractivity contribution is -0.0143. The van der Waals surface area contributed by atoms with E-state index >= 15 is 0 Å². The molecule has 0 unspecified atom stereocenters. The van der Waals surface area contributed by atoms with Gasteiger partial charge < -0.3 is 15.3 Å². The van der Waals surface area contributed by atoms with Gasteiger partial charge in [0.05, 0.1) is 17.8 Å². The molecule has 0 bridgehead atoms. The number of aliphatic hydroxyl groups is 1. The topological polar surface area (TPSA) is 107 Å². The van der Waals surface area contributed by atoms with Gasteiger partial charge in [0.2, 0.25) is 0 Å². The summed E-state index contributed by atoms with van der Waals surface area (Å²) < 4.78 is 0. The number of aromatic amines is 1. The smallest absolute Gasteiger partial charge is 0.317 e. The summed E-state index contributed by atoms with van der Waals surface area (Å²) in [5.74, 6) is 0.256. The maximum absolute atomic E-state index is 12.5. The Balaban J connectivity index is 1.39. The number of amides is 2. The molecule has 3 aromatic rings. The molecule has 9 heteroatoms. The highest BCUT2D eigenvalue weighted by Crippen LogP contribution is 2.46. The molecule has 0 saturated carbocycles. The second-order valence-corrected chi connectivity index (χ2v) is 9.16. The Morgan fingerprint density at radius 3 is 2.71 bits per heavy atom.